The number of aliphatic hydroxyl groups excluding tert-OH is 1. The van der Waals surface area contributed by atoms with Crippen molar-refractivity contribution in [3.05, 3.63) is 96.3 Å². The van der Waals surface area contributed by atoms with Gasteiger partial charge in [-0.3, -0.25) is 19.8 Å². The molecule has 1 amide bonds. The largest absolute Gasteiger partial charge is 0.439 e. The number of hydrogen-bond acceptors (Lipinski definition) is 7. The molecule has 1 aliphatic heterocycles. The highest BCUT2D eigenvalue weighted by Gasteiger charge is 2.18. The molecule has 2 aromatic carbocycles. The minimum absolute atomic E-state index is 0.203. The number of fused-ring (bicyclic) bond motifs is 1. The Labute approximate surface area is 229 Å². The van der Waals surface area contributed by atoms with E-state index in [9.17, 15) is 14.3 Å². The van der Waals surface area contributed by atoms with Gasteiger partial charge in [0.2, 0.25) is 5.88 Å². The summed E-state index contributed by atoms with van der Waals surface area (Å²) in [6, 6.07) is 16.8. The molecular weight excluding hydrogens is 511 g/mol. The van der Waals surface area contributed by atoms with Crippen LogP contribution in [0.5, 0.6) is 11.6 Å². The average Bonchev–Trinajstić information content (AvgIpc) is 3.40. The van der Waals surface area contributed by atoms with E-state index in [1.807, 2.05) is 30.6 Å². The van der Waals surface area contributed by atoms with Crippen LogP contribution in [0, 0.1) is 5.82 Å². The number of anilines is 1. The molecule has 6 rings (SSSR count). The minimum atomic E-state index is -0.378. The van der Waals surface area contributed by atoms with Crippen LogP contribution in [0.2, 0.25) is 0 Å². The number of halogens is 1. The van der Waals surface area contributed by atoms with Gasteiger partial charge in [0.1, 0.15) is 11.6 Å². The molecule has 0 spiro atoms. The third-order valence-electron chi connectivity index (χ3n) is 6.90. The molecule has 1 aliphatic rings. The van der Waals surface area contributed by atoms with Gasteiger partial charge in [0.25, 0.3) is 5.91 Å². The number of nitrogens with one attached hydrogen (secondary N) is 2. The van der Waals surface area contributed by atoms with Gasteiger partial charge in [0.15, 0.2) is 5.69 Å². The zero-order valence-corrected chi connectivity index (χ0v) is 21.5. The summed E-state index contributed by atoms with van der Waals surface area (Å²) in [4.78, 5) is 24.1. The number of carbonyl (C=O) groups excluding carboxylic acids is 1. The van der Waals surface area contributed by atoms with E-state index in [-0.39, 0.29) is 23.5 Å². The predicted octanol–water partition coefficient (Wildman–Crippen LogP) is 5.16. The quantitative estimate of drug-likeness (QED) is 0.262. The number of aliphatic hydroxyl groups is 1. The first-order chi connectivity index (χ1) is 19.5. The van der Waals surface area contributed by atoms with Crippen molar-refractivity contribution in [2.75, 3.05) is 18.4 Å². The highest BCUT2D eigenvalue weighted by Crippen LogP contribution is 2.27. The van der Waals surface area contributed by atoms with Crippen LogP contribution < -0.4 is 10.1 Å². The fourth-order valence-corrected chi connectivity index (χ4v) is 4.76. The van der Waals surface area contributed by atoms with Crippen LogP contribution >= 0.6 is 0 Å². The molecule has 0 aliphatic carbocycles. The normalized spacial score (nSPS) is 14.3. The molecule has 4 heterocycles. The van der Waals surface area contributed by atoms with Gasteiger partial charge in [-0.15, -0.1) is 0 Å². The standard InChI is InChI=1S/C30H27FN6O3/c31-22-2-5-25(6-3-22)40-28-8-4-23(17-33-28)34-30(39)29-26-14-20(1-7-27(26)35-36-29)21-13-19(15-32-16-21)18-37-11-9-24(38)10-12-37/h1-8,13-17,24,38H,9-12,18H2,(H,34,39)(H,35,36). The molecule has 10 heteroatoms. The Morgan fingerprint density at radius 2 is 1.85 bits per heavy atom. The maximum atomic E-state index is 13.1. The van der Waals surface area contributed by atoms with Gasteiger partial charge in [-0.05, 0) is 72.5 Å². The topological polar surface area (TPSA) is 116 Å². The van der Waals surface area contributed by atoms with Gasteiger partial charge in [0, 0.05) is 49.0 Å². The fourth-order valence-electron chi connectivity index (χ4n) is 4.76. The molecule has 5 aromatic rings. The number of likely N-dealkylation sites (tertiary alicyclic amines) is 1. The van der Waals surface area contributed by atoms with E-state index in [0.29, 0.717) is 22.7 Å². The molecule has 202 valence electrons. The zero-order chi connectivity index (χ0) is 27.5. The van der Waals surface area contributed by atoms with Gasteiger partial charge < -0.3 is 15.2 Å². The first-order valence-electron chi connectivity index (χ1n) is 13.0. The molecule has 40 heavy (non-hydrogen) atoms. The van der Waals surface area contributed by atoms with Crippen LogP contribution in [0.4, 0.5) is 10.1 Å². The Kier molecular flexibility index (Phi) is 7.17. The number of benzene rings is 2. The van der Waals surface area contributed by atoms with Crippen molar-refractivity contribution in [2.24, 2.45) is 0 Å². The van der Waals surface area contributed by atoms with Gasteiger partial charge in [-0.25, -0.2) is 9.37 Å². The summed E-state index contributed by atoms with van der Waals surface area (Å²) in [7, 11) is 0. The van der Waals surface area contributed by atoms with E-state index >= 15 is 0 Å². The number of amides is 1. The summed E-state index contributed by atoms with van der Waals surface area (Å²) < 4.78 is 18.7. The van der Waals surface area contributed by atoms with Gasteiger partial charge >= 0.3 is 0 Å². The number of carbonyl (C=O) groups is 1. The van der Waals surface area contributed by atoms with E-state index < -0.39 is 0 Å². The van der Waals surface area contributed by atoms with Gasteiger partial charge in [-0.2, -0.15) is 5.10 Å². The fraction of sp³-hybridized carbons (Fsp3) is 0.200. The second kappa shape index (κ2) is 11.2. The average molecular weight is 539 g/mol. The van der Waals surface area contributed by atoms with Crippen molar-refractivity contribution < 1.29 is 19.0 Å². The summed E-state index contributed by atoms with van der Waals surface area (Å²) in [6.45, 7) is 2.51. The number of H-pyrrole nitrogens is 1. The number of ether oxygens (including phenoxy) is 1. The van der Waals surface area contributed by atoms with Crippen molar-refractivity contribution in [1.82, 2.24) is 25.1 Å². The first-order valence-corrected chi connectivity index (χ1v) is 13.0. The molecule has 0 radical (unpaired) electrons. The lowest BCUT2D eigenvalue weighted by atomic mass is 10.0. The number of aromatic nitrogens is 4. The first kappa shape index (κ1) is 25.6. The number of hydrogen-bond donors (Lipinski definition) is 3. The molecule has 3 aromatic heterocycles. The molecule has 0 saturated carbocycles. The van der Waals surface area contributed by atoms with E-state index in [2.05, 4.69) is 36.4 Å². The monoisotopic (exact) mass is 538 g/mol. The molecule has 1 saturated heterocycles. The lowest BCUT2D eigenvalue weighted by molar-refractivity contribution is 0.0792. The lowest BCUT2D eigenvalue weighted by Crippen LogP contribution is -2.35. The summed E-state index contributed by atoms with van der Waals surface area (Å²) >= 11 is 0. The Morgan fingerprint density at radius 1 is 1.02 bits per heavy atom. The van der Waals surface area contributed by atoms with Crippen molar-refractivity contribution in [2.45, 2.75) is 25.5 Å². The number of nitrogens with zero attached hydrogens (tertiary/aromatic N) is 4. The van der Waals surface area contributed by atoms with Crippen LogP contribution in [-0.4, -0.2) is 55.3 Å². The molecule has 1 fully saturated rings. The smallest absolute Gasteiger partial charge is 0.276 e. The van der Waals surface area contributed by atoms with Crippen LogP contribution in [-0.2, 0) is 6.54 Å². The highest BCUT2D eigenvalue weighted by molar-refractivity contribution is 6.11. The molecular formula is C30H27FN6O3. The van der Waals surface area contributed by atoms with E-state index in [1.54, 1.807) is 12.1 Å². The van der Waals surface area contributed by atoms with Crippen LogP contribution in [0.1, 0.15) is 28.9 Å². The second-order valence-corrected chi connectivity index (χ2v) is 9.82. The summed E-state index contributed by atoms with van der Waals surface area (Å²) in [5, 5.41) is 20.5. The second-order valence-electron chi connectivity index (χ2n) is 9.82. The Morgan fingerprint density at radius 3 is 2.62 bits per heavy atom. The number of rotatable bonds is 7. The Bertz CT molecular complexity index is 1630. The summed E-state index contributed by atoms with van der Waals surface area (Å²) in [5.74, 6) is 0.0398. The van der Waals surface area contributed by atoms with Crippen molar-refractivity contribution in [3.8, 4) is 22.8 Å². The summed E-state index contributed by atoms with van der Waals surface area (Å²) in [5.41, 5.74) is 4.45. The number of pyridine rings is 2. The zero-order valence-electron chi connectivity index (χ0n) is 21.5. The highest BCUT2D eigenvalue weighted by atomic mass is 19.1. The van der Waals surface area contributed by atoms with E-state index in [0.717, 1.165) is 54.7 Å². The van der Waals surface area contributed by atoms with Gasteiger partial charge in [0.05, 0.1) is 23.5 Å². The molecule has 0 atom stereocenters. The third kappa shape index (κ3) is 5.83. The summed E-state index contributed by atoms with van der Waals surface area (Å²) in [6.07, 6.45) is 6.54. The minimum Gasteiger partial charge on any atom is -0.439 e. The SMILES string of the molecule is O=C(Nc1ccc(Oc2ccc(F)cc2)nc1)c1n[nH]c2ccc(-c3cncc(CN4CCC(O)CC4)c3)cc12. The number of aromatic amines is 1. The predicted molar refractivity (Wildman–Crippen MR) is 149 cm³/mol. The van der Waals surface area contributed by atoms with Crippen molar-refractivity contribution >= 4 is 22.5 Å². The van der Waals surface area contributed by atoms with Crippen molar-refractivity contribution in [3.63, 3.8) is 0 Å². The molecule has 3 N–H and O–H groups in total. The van der Waals surface area contributed by atoms with Crippen LogP contribution in [0.15, 0.2) is 79.3 Å². The lowest BCUT2D eigenvalue weighted by Gasteiger charge is -2.29. The van der Waals surface area contributed by atoms with E-state index in [1.165, 1.54) is 30.5 Å². The maximum absolute atomic E-state index is 13.1. The Balaban J connectivity index is 1.16. The Hall–Kier alpha value is -4.67. The third-order valence-corrected chi connectivity index (χ3v) is 6.90. The molecule has 9 nitrogen and oxygen atoms in total. The van der Waals surface area contributed by atoms with E-state index in [4.69, 9.17) is 4.74 Å². The molecule has 0 unspecified atom stereocenters. The van der Waals surface area contributed by atoms with Gasteiger partial charge in [-0.1, -0.05) is 6.07 Å². The molecule has 0 bridgehead atoms. The van der Waals surface area contributed by atoms with Crippen LogP contribution in [0.25, 0.3) is 22.0 Å². The number of piperidine rings is 1. The van der Waals surface area contributed by atoms with Crippen LogP contribution in [0.3, 0.4) is 0 Å². The maximum Gasteiger partial charge on any atom is 0.276 e. The van der Waals surface area contributed by atoms with Crippen molar-refractivity contribution in [1.29, 1.82) is 0 Å².